The number of unbranched alkanes of at least 4 members (excludes halogenated alkanes) is 1. The first-order chi connectivity index (χ1) is 11.3. The molecule has 0 saturated carbocycles. The van der Waals surface area contributed by atoms with Crippen molar-refractivity contribution in [3.05, 3.63) is 29.8 Å². The van der Waals surface area contributed by atoms with Gasteiger partial charge in [0.05, 0.1) is 32.5 Å². The van der Waals surface area contributed by atoms with E-state index in [2.05, 4.69) is 0 Å². The summed E-state index contributed by atoms with van der Waals surface area (Å²) in [6.07, 6.45) is 2.95. The largest absolute Gasteiger partial charge is 0.491 e. The summed E-state index contributed by atoms with van der Waals surface area (Å²) in [4.78, 5) is 0. The van der Waals surface area contributed by atoms with Crippen molar-refractivity contribution in [1.29, 1.82) is 0 Å². The second-order valence-electron chi connectivity index (χ2n) is 5.46. The molecule has 0 spiro atoms. The molecule has 130 valence electrons. The molecular weight excluding hydrogens is 298 g/mol. The molecule has 0 bridgehead atoms. The maximum absolute atomic E-state index is 8.60. The molecule has 1 saturated heterocycles. The number of nitrogens with two attached hydrogens (primary N) is 1. The third kappa shape index (κ3) is 6.45. The SMILES string of the molecule is NCCCCC1COC(c2ccc(OCCOCCO)cc2)O1. The Morgan fingerprint density at radius 2 is 1.96 bits per heavy atom. The van der Waals surface area contributed by atoms with Crippen LogP contribution in [0.2, 0.25) is 0 Å². The molecule has 0 amide bonds. The number of hydrogen-bond acceptors (Lipinski definition) is 6. The van der Waals surface area contributed by atoms with Gasteiger partial charge in [0, 0.05) is 5.56 Å². The first-order valence-corrected chi connectivity index (χ1v) is 8.22. The molecule has 1 heterocycles. The van der Waals surface area contributed by atoms with Gasteiger partial charge in [-0.2, -0.15) is 0 Å². The number of hydrogen-bond donors (Lipinski definition) is 2. The molecule has 1 fully saturated rings. The number of benzene rings is 1. The van der Waals surface area contributed by atoms with Crippen molar-refractivity contribution < 1.29 is 24.1 Å². The highest BCUT2D eigenvalue weighted by Gasteiger charge is 2.26. The predicted molar refractivity (Wildman–Crippen MR) is 86.3 cm³/mol. The van der Waals surface area contributed by atoms with Crippen LogP contribution < -0.4 is 10.5 Å². The van der Waals surface area contributed by atoms with Crippen LogP contribution in [0, 0.1) is 0 Å². The third-order valence-electron chi connectivity index (χ3n) is 3.61. The van der Waals surface area contributed by atoms with Gasteiger partial charge in [0.15, 0.2) is 6.29 Å². The topological polar surface area (TPSA) is 83.2 Å². The summed E-state index contributed by atoms with van der Waals surface area (Å²) in [5.41, 5.74) is 6.50. The van der Waals surface area contributed by atoms with Gasteiger partial charge in [0.25, 0.3) is 0 Å². The monoisotopic (exact) mass is 325 g/mol. The summed E-state index contributed by atoms with van der Waals surface area (Å²) in [5, 5.41) is 8.60. The van der Waals surface area contributed by atoms with Gasteiger partial charge in [-0.1, -0.05) is 12.1 Å². The Labute approximate surface area is 137 Å². The minimum absolute atomic E-state index is 0.0311. The van der Waals surface area contributed by atoms with E-state index in [0.717, 1.165) is 37.1 Å². The van der Waals surface area contributed by atoms with E-state index in [-0.39, 0.29) is 19.0 Å². The van der Waals surface area contributed by atoms with E-state index in [4.69, 9.17) is 29.8 Å². The molecule has 3 N–H and O–H groups in total. The zero-order chi connectivity index (χ0) is 16.3. The fourth-order valence-corrected chi connectivity index (χ4v) is 2.40. The first kappa shape index (κ1) is 18.2. The van der Waals surface area contributed by atoms with Crippen molar-refractivity contribution in [1.82, 2.24) is 0 Å². The van der Waals surface area contributed by atoms with Crippen molar-refractivity contribution in [2.45, 2.75) is 31.7 Å². The zero-order valence-electron chi connectivity index (χ0n) is 13.5. The molecule has 1 aromatic carbocycles. The fraction of sp³-hybridized carbons (Fsp3) is 0.647. The molecule has 2 rings (SSSR count). The van der Waals surface area contributed by atoms with Crippen LogP contribution in [-0.2, 0) is 14.2 Å². The average Bonchev–Trinajstić information content (AvgIpc) is 3.04. The van der Waals surface area contributed by atoms with Crippen LogP contribution in [0.5, 0.6) is 5.75 Å². The molecule has 1 aliphatic rings. The van der Waals surface area contributed by atoms with E-state index in [1.807, 2.05) is 24.3 Å². The molecule has 6 nitrogen and oxygen atoms in total. The molecule has 0 radical (unpaired) electrons. The molecular formula is C17H27NO5. The summed E-state index contributed by atoms with van der Waals surface area (Å²) in [6.45, 7) is 2.65. The van der Waals surface area contributed by atoms with E-state index >= 15 is 0 Å². The highest BCUT2D eigenvalue weighted by atomic mass is 16.7. The predicted octanol–water partition coefficient (Wildman–Crippen LogP) is 1.62. The Morgan fingerprint density at radius 3 is 2.70 bits per heavy atom. The van der Waals surface area contributed by atoms with E-state index in [1.165, 1.54) is 0 Å². The molecule has 1 aliphatic heterocycles. The molecule has 0 aliphatic carbocycles. The van der Waals surface area contributed by atoms with Gasteiger partial charge in [0.2, 0.25) is 0 Å². The maximum Gasteiger partial charge on any atom is 0.184 e. The molecule has 6 heteroatoms. The quantitative estimate of drug-likeness (QED) is 0.602. The number of ether oxygens (including phenoxy) is 4. The van der Waals surface area contributed by atoms with Crippen LogP contribution in [-0.4, -0.2) is 50.8 Å². The van der Waals surface area contributed by atoms with Gasteiger partial charge in [-0.25, -0.2) is 0 Å². The van der Waals surface area contributed by atoms with Crippen LogP contribution >= 0.6 is 0 Å². The van der Waals surface area contributed by atoms with E-state index in [9.17, 15) is 0 Å². The Morgan fingerprint density at radius 1 is 1.13 bits per heavy atom. The Bertz CT molecular complexity index is 425. The molecule has 23 heavy (non-hydrogen) atoms. The first-order valence-electron chi connectivity index (χ1n) is 8.22. The summed E-state index contributed by atoms with van der Waals surface area (Å²) in [5.74, 6) is 0.777. The van der Waals surface area contributed by atoms with Gasteiger partial charge < -0.3 is 29.8 Å². The van der Waals surface area contributed by atoms with Gasteiger partial charge >= 0.3 is 0 Å². The van der Waals surface area contributed by atoms with Gasteiger partial charge in [-0.05, 0) is 37.9 Å². The summed E-state index contributed by atoms with van der Waals surface area (Å²) >= 11 is 0. The summed E-state index contributed by atoms with van der Waals surface area (Å²) in [6, 6.07) is 7.71. The zero-order valence-corrected chi connectivity index (χ0v) is 13.5. The minimum atomic E-state index is -0.292. The van der Waals surface area contributed by atoms with E-state index in [0.29, 0.717) is 26.4 Å². The van der Waals surface area contributed by atoms with Crippen LogP contribution in [0.3, 0.4) is 0 Å². The standard InChI is InChI=1S/C17H27NO5/c18-8-2-1-3-16-13-22-17(23-16)14-4-6-15(7-5-14)21-12-11-20-10-9-19/h4-7,16-17,19H,1-3,8-13,18H2. The summed E-state index contributed by atoms with van der Waals surface area (Å²) in [7, 11) is 0. The second kappa shape index (κ2) is 10.6. The lowest BCUT2D eigenvalue weighted by atomic mass is 10.1. The Kier molecular flexibility index (Phi) is 8.35. The normalized spacial score (nSPS) is 20.8. The average molecular weight is 325 g/mol. The van der Waals surface area contributed by atoms with Crippen molar-refractivity contribution >= 4 is 0 Å². The van der Waals surface area contributed by atoms with Gasteiger partial charge in [0.1, 0.15) is 12.4 Å². The second-order valence-corrected chi connectivity index (χ2v) is 5.46. The van der Waals surface area contributed by atoms with Crippen LogP contribution in [0.25, 0.3) is 0 Å². The smallest absolute Gasteiger partial charge is 0.184 e. The fourth-order valence-electron chi connectivity index (χ4n) is 2.40. The van der Waals surface area contributed by atoms with Crippen molar-refractivity contribution in [3.8, 4) is 5.75 Å². The Hall–Kier alpha value is -1.18. The number of rotatable bonds is 11. The number of aliphatic hydroxyl groups is 1. The molecule has 2 unspecified atom stereocenters. The lowest BCUT2D eigenvalue weighted by Crippen LogP contribution is -2.10. The lowest BCUT2D eigenvalue weighted by Gasteiger charge is -2.12. The molecule has 2 atom stereocenters. The molecule has 0 aromatic heterocycles. The summed E-state index contributed by atoms with van der Waals surface area (Å²) < 4.78 is 22.3. The van der Waals surface area contributed by atoms with Crippen LogP contribution in [0.4, 0.5) is 0 Å². The minimum Gasteiger partial charge on any atom is -0.491 e. The molecule has 1 aromatic rings. The maximum atomic E-state index is 8.60. The van der Waals surface area contributed by atoms with E-state index < -0.39 is 0 Å². The van der Waals surface area contributed by atoms with Gasteiger partial charge in [-0.3, -0.25) is 0 Å². The van der Waals surface area contributed by atoms with Crippen molar-refractivity contribution in [2.24, 2.45) is 5.73 Å². The van der Waals surface area contributed by atoms with Crippen LogP contribution in [0.15, 0.2) is 24.3 Å². The highest BCUT2D eigenvalue weighted by Crippen LogP contribution is 2.29. The van der Waals surface area contributed by atoms with Crippen molar-refractivity contribution in [2.75, 3.05) is 39.6 Å². The van der Waals surface area contributed by atoms with Crippen molar-refractivity contribution in [3.63, 3.8) is 0 Å². The highest BCUT2D eigenvalue weighted by molar-refractivity contribution is 5.28. The lowest BCUT2D eigenvalue weighted by molar-refractivity contribution is -0.0613. The number of aliphatic hydroxyl groups excluding tert-OH is 1. The van der Waals surface area contributed by atoms with Gasteiger partial charge in [-0.15, -0.1) is 0 Å². The van der Waals surface area contributed by atoms with E-state index in [1.54, 1.807) is 0 Å². The van der Waals surface area contributed by atoms with Crippen LogP contribution in [0.1, 0.15) is 31.1 Å². The third-order valence-corrected chi connectivity index (χ3v) is 3.61. The Balaban J connectivity index is 1.70.